The Hall–Kier alpha value is -1.45. The topological polar surface area (TPSA) is 102 Å². The van der Waals surface area contributed by atoms with E-state index < -0.39 is 15.6 Å². The summed E-state index contributed by atoms with van der Waals surface area (Å²) < 4.78 is 58.9. The van der Waals surface area contributed by atoms with Crippen LogP contribution in [-0.4, -0.2) is 30.8 Å². The van der Waals surface area contributed by atoms with Crippen molar-refractivity contribution in [3.05, 3.63) is 35.4 Å². The number of aryl methyl sites for hydroxylation is 1. The van der Waals surface area contributed by atoms with Gasteiger partial charge >= 0.3 is 5.51 Å². The van der Waals surface area contributed by atoms with Gasteiger partial charge in [0.2, 0.25) is 0 Å². The van der Waals surface area contributed by atoms with Gasteiger partial charge in [0.05, 0.1) is 13.0 Å². The largest absolute Gasteiger partial charge is 0.741 e. The molecule has 0 unspecified atom stereocenters. The molecule has 1 aromatic rings. The smallest absolute Gasteiger partial charge is 0.485 e. The van der Waals surface area contributed by atoms with Crippen LogP contribution in [0.15, 0.2) is 24.3 Å². The average Bonchev–Trinajstić information content (AvgIpc) is 2.28. The molecule has 0 spiro atoms. The predicted octanol–water partition coefficient (Wildman–Crippen LogP) is 0.861. The van der Waals surface area contributed by atoms with Crippen molar-refractivity contribution in [1.82, 2.24) is 0 Å². The fourth-order valence-corrected chi connectivity index (χ4v) is 1.04. The highest BCUT2D eigenvalue weighted by molar-refractivity contribution is 7.86. The molecule has 0 bridgehead atoms. The third kappa shape index (κ3) is 6.64. The van der Waals surface area contributed by atoms with Gasteiger partial charge in [0.25, 0.3) is 0 Å². The lowest BCUT2D eigenvalue weighted by atomic mass is 10.1. The van der Waals surface area contributed by atoms with Crippen LogP contribution in [0.3, 0.4) is 0 Å². The summed E-state index contributed by atoms with van der Waals surface area (Å²) in [5.41, 5.74) is -0.0207. The fourth-order valence-electron chi connectivity index (χ4n) is 1.04. The molecular formula is C11H14F3NO4S. The zero-order valence-electron chi connectivity index (χ0n) is 10.6. The predicted molar refractivity (Wildman–Crippen MR) is 63.6 cm³/mol. The van der Waals surface area contributed by atoms with E-state index in [1.165, 1.54) is 5.56 Å². The molecule has 0 aliphatic carbocycles. The Labute approximate surface area is 114 Å². The molecule has 5 nitrogen and oxygen atoms in total. The molecule has 3 N–H and O–H groups in total. The summed E-state index contributed by atoms with van der Waals surface area (Å²) in [5.74, 6) is 0.185. The van der Waals surface area contributed by atoms with Gasteiger partial charge in [-0.25, -0.2) is 8.42 Å². The van der Waals surface area contributed by atoms with Crippen molar-refractivity contribution in [3.63, 3.8) is 0 Å². The van der Waals surface area contributed by atoms with Crippen LogP contribution in [0.4, 0.5) is 13.2 Å². The number of ketones is 1. The average molecular weight is 313 g/mol. The first-order valence-corrected chi connectivity index (χ1v) is 6.81. The Balaban J connectivity index is 0.000000396. The number of rotatable bonds is 3. The number of hydrogen-bond donors (Lipinski definition) is 1. The number of quaternary nitrogens is 1. The summed E-state index contributed by atoms with van der Waals surface area (Å²) in [7, 11) is -6.09. The molecule has 0 amide bonds. The van der Waals surface area contributed by atoms with Crippen molar-refractivity contribution in [2.24, 2.45) is 0 Å². The van der Waals surface area contributed by atoms with Crippen LogP contribution in [0.5, 0.6) is 0 Å². The standard InChI is InChI=1S/C10H13NO.CHF3O3S/c1-8-2-4-9(5-3-8)10(12)6-7-11;2-1(3,4)8(5,6)7/h2-5H,6-7,11H2,1H3;(H,5,6,7). The second kappa shape index (κ2) is 7.36. The monoisotopic (exact) mass is 313 g/mol. The first-order valence-electron chi connectivity index (χ1n) is 5.40. The number of carbonyl (C=O) groups is 1. The van der Waals surface area contributed by atoms with Gasteiger partial charge in [0, 0.05) is 5.56 Å². The highest BCUT2D eigenvalue weighted by atomic mass is 32.2. The molecule has 0 atom stereocenters. The molecule has 0 radical (unpaired) electrons. The molecule has 0 saturated heterocycles. The van der Waals surface area contributed by atoms with Crippen LogP contribution < -0.4 is 5.73 Å². The van der Waals surface area contributed by atoms with Crippen molar-refractivity contribution in [2.75, 3.05) is 6.54 Å². The van der Waals surface area contributed by atoms with E-state index in [1.807, 2.05) is 31.2 Å². The maximum absolute atomic E-state index is 11.3. The molecule has 1 rings (SSSR count). The summed E-state index contributed by atoms with van der Waals surface area (Å²) in [6.07, 6.45) is 0.545. The second-order valence-electron chi connectivity index (χ2n) is 3.79. The maximum atomic E-state index is 11.3. The van der Waals surface area contributed by atoms with Crippen LogP contribution in [-0.2, 0) is 10.1 Å². The van der Waals surface area contributed by atoms with Gasteiger partial charge in [-0.05, 0) is 6.92 Å². The minimum atomic E-state index is -6.09. The molecule has 0 heterocycles. The Morgan fingerprint density at radius 2 is 1.65 bits per heavy atom. The Bertz CT molecular complexity index is 538. The third-order valence-electron chi connectivity index (χ3n) is 2.06. The summed E-state index contributed by atoms with van der Waals surface area (Å²) >= 11 is 0. The number of carbonyl (C=O) groups excluding carboxylic acids is 1. The molecule has 1 aromatic carbocycles. The SMILES string of the molecule is Cc1ccc(C(=O)CC[NH3+])cc1.O=S(=O)([O-])C(F)(F)F. The molecule has 0 aliphatic rings. The summed E-state index contributed by atoms with van der Waals surface area (Å²) in [4.78, 5) is 11.3. The zero-order chi connectivity index (χ0) is 16.0. The second-order valence-corrected chi connectivity index (χ2v) is 5.16. The van der Waals surface area contributed by atoms with E-state index in [2.05, 4.69) is 5.73 Å². The molecule has 0 fully saturated rings. The molecule has 9 heteroatoms. The number of Topliss-reactive ketones (excluding diaryl/α,β-unsaturated/α-hetero) is 1. The first-order chi connectivity index (χ1) is 8.99. The van der Waals surface area contributed by atoms with E-state index in [0.29, 0.717) is 13.0 Å². The molecule has 0 aromatic heterocycles. The number of alkyl halides is 3. The number of benzene rings is 1. The summed E-state index contributed by atoms with van der Waals surface area (Å²) in [6.45, 7) is 2.68. The molecular weight excluding hydrogens is 299 g/mol. The van der Waals surface area contributed by atoms with Crippen LogP contribution in [0.1, 0.15) is 22.3 Å². The Morgan fingerprint density at radius 3 is 1.95 bits per heavy atom. The summed E-state index contributed by atoms with van der Waals surface area (Å²) in [5, 5.41) is 0. The van der Waals surface area contributed by atoms with Gasteiger partial charge in [-0.2, -0.15) is 13.2 Å². The van der Waals surface area contributed by atoms with Gasteiger partial charge in [-0.15, -0.1) is 0 Å². The van der Waals surface area contributed by atoms with Crippen LogP contribution >= 0.6 is 0 Å². The van der Waals surface area contributed by atoms with Crippen molar-refractivity contribution in [3.8, 4) is 0 Å². The highest BCUT2D eigenvalue weighted by Crippen LogP contribution is 2.20. The van der Waals surface area contributed by atoms with Gasteiger partial charge in [0.15, 0.2) is 15.9 Å². The van der Waals surface area contributed by atoms with Crippen molar-refractivity contribution >= 4 is 15.9 Å². The van der Waals surface area contributed by atoms with E-state index in [0.717, 1.165) is 5.56 Å². The van der Waals surface area contributed by atoms with E-state index in [9.17, 15) is 18.0 Å². The molecule has 20 heavy (non-hydrogen) atoms. The summed E-state index contributed by atoms with van der Waals surface area (Å²) in [6, 6.07) is 7.65. The van der Waals surface area contributed by atoms with Gasteiger partial charge in [-0.1, -0.05) is 29.8 Å². The van der Waals surface area contributed by atoms with Crippen molar-refractivity contribution in [2.45, 2.75) is 18.9 Å². The lowest BCUT2D eigenvalue weighted by Crippen LogP contribution is -2.50. The third-order valence-corrected chi connectivity index (χ3v) is 2.63. The lowest BCUT2D eigenvalue weighted by Gasteiger charge is -2.08. The molecule has 114 valence electrons. The van der Waals surface area contributed by atoms with Crippen molar-refractivity contribution in [1.29, 1.82) is 0 Å². The van der Waals surface area contributed by atoms with Gasteiger partial charge in [0.1, 0.15) is 0 Å². The number of halogens is 3. The van der Waals surface area contributed by atoms with Crippen LogP contribution in [0.2, 0.25) is 0 Å². The van der Waals surface area contributed by atoms with E-state index >= 15 is 0 Å². The highest BCUT2D eigenvalue weighted by Gasteiger charge is 2.36. The molecule has 0 saturated carbocycles. The number of hydrogen-bond acceptors (Lipinski definition) is 4. The Morgan fingerprint density at radius 1 is 1.25 bits per heavy atom. The maximum Gasteiger partial charge on any atom is 0.485 e. The van der Waals surface area contributed by atoms with Gasteiger partial charge < -0.3 is 10.3 Å². The van der Waals surface area contributed by atoms with Crippen molar-refractivity contribution < 1.29 is 36.7 Å². The minimum Gasteiger partial charge on any atom is -0.741 e. The van der Waals surface area contributed by atoms with Crippen LogP contribution in [0.25, 0.3) is 0 Å². The minimum absolute atomic E-state index is 0.185. The van der Waals surface area contributed by atoms with Gasteiger partial charge in [-0.3, -0.25) is 4.79 Å². The van der Waals surface area contributed by atoms with E-state index in [1.54, 1.807) is 0 Å². The first kappa shape index (κ1) is 18.6. The fraction of sp³-hybridized carbons (Fsp3) is 0.364. The van der Waals surface area contributed by atoms with E-state index in [-0.39, 0.29) is 5.78 Å². The normalized spacial score (nSPS) is 11.5. The van der Waals surface area contributed by atoms with E-state index in [4.69, 9.17) is 13.0 Å². The molecule has 0 aliphatic heterocycles. The quantitative estimate of drug-likeness (QED) is 0.508. The lowest BCUT2D eigenvalue weighted by molar-refractivity contribution is -0.365. The van der Waals surface area contributed by atoms with Crippen LogP contribution in [0, 0.1) is 6.92 Å². The zero-order valence-corrected chi connectivity index (χ0v) is 11.4. The Kier molecular flexibility index (Phi) is 6.83.